The van der Waals surface area contributed by atoms with Crippen LogP contribution in [-0.4, -0.2) is 28.3 Å². The lowest BCUT2D eigenvalue weighted by atomic mass is 9.95. The Balaban J connectivity index is 1.79. The number of anilines is 1. The molecule has 20 heavy (non-hydrogen) atoms. The van der Waals surface area contributed by atoms with Crippen LogP contribution < -0.4 is 10.6 Å². The summed E-state index contributed by atoms with van der Waals surface area (Å²) in [6, 6.07) is -0.292. The maximum Gasteiger partial charge on any atom is 0.321 e. The fourth-order valence-corrected chi connectivity index (χ4v) is 3.26. The number of thiazole rings is 1. The third-order valence-electron chi connectivity index (χ3n) is 3.75. The quantitative estimate of drug-likeness (QED) is 0.748. The normalized spacial score (nSPS) is 18.3. The van der Waals surface area contributed by atoms with E-state index in [9.17, 15) is 9.90 Å². The maximum atomic E-state index is 11.8. The predicted octanol–water partition coefficient (Wildman–Crippen LogP) is 2.91. The molecule has 2 rings (SSSR count). The van der Waals surface area contributed by atoms with Crippen LogP contribution in [0.5, 0.6) is 0 Å². The first-order valence-electron chi connectivity index (χ1n) is 7.33. The Morgan fingerprint density at radius 1 is 1.40 bits per heavy atom. The van der Waals surface area contributed by atoms with Gasteiger partial charge in [-0.2, -0.15) is 0 Å². The van der Waals surface area contributed by atoms with Crippen LogP contribution in [0.3, 0.4) is 0 Å². The van der Waals surface area contributed by atoms with Gasteiger partial charge in [0.1, 0.15) is 0 Å². The Morgan fingerprint density at radius 2 is 2.10 bits per heavy atom. The predicted molar refractivity (Wildman–Crippen MR) is 81.2 cm³/mol. The van der Waals surface area contributed by atoms with Crippen LogP contribution in [0.1, 0.15) is 51.1 Å². The molecule has 1 saturated carbocycles. The monoisotopic (exact) mass is 297 g/mol. The standard InChI is InChI=1S/C14H23N3O2S/c1-2-11-9-20-13(16-11)17-12(18)15-10-14(19)7-5-3-4-6-8-14/h9,19H,2-8,10H2,1H3,(H2,15,16,17,18). The molecule has 1 aliphatic rings. The molecule has 0 atom stereocenters. The zero-order chi connectivity index (χ0) is 14.4. The molecule has 1 aromatic rings. The van der Waals surface area contributed by atoms with Gasteiger partial charge in [-0.15, -0.1) is 11.3 Å². The summed E-state index contributed by atoms with van der Waals surface area (Å²) in [5.41, 5.74) is 0.235. The van der Waals surface area contributed by atoms with Gasteiger partial charge in [-0.3, -0.25) is 5.32 Å². The van der Waals surface area contributed by atoms with Crippen molar-refractivity contribution in [3.05, 3.63) is 11.1 Å². The zero-order valence-electron chi connectivity index (χ0n) is 11.9. The highest BCUT2D eigenvalue weighted by atomic mass is 32.1. The molecule has 1 aromatic heterocycles. The van der Waals surface area contributed by atoms with E-state index in [-0.39, 0.29) is 6.03 Å². The summed E-state index contributed by atoms with van der Waals surface area (Å²) < 4.78 is 0. The van der Waals surface area contributed by atoms with Crippen molar-refractivity contribution in [2.24, 2.45) is 0 Å². The second-order valence-corrected chi connectivity index (χ2v) is 6.30. The van der Waals surface area contributed by atoms with Gasteiger partial charge in [-0.1, -0.05) is 32.6 Å². The van der Waals surface area contributed by atoms with Gasteiger partial charge in [0.15, 0.2) is 5.13 Å². The lowest BCUT2D eigenvalue weighted by Crippen LogP contribution is -2.44. The minimum absolute atomic E-state index is 0.292. The van der Waals surface area contributed by atoms with Crippen LogP contribution >= 0.6 is 11.3 Å². The second-order valence-electron chi connectivity index (χ2n) is 5.44. The smallest absolute Gasteiger partial charge is 0.321 e. The second kappa shape index (κ2) is 7.04. The molecule has 1 fully saturated rings. The maximum absolute atomic E-state index is 11.8. The van der Waals surface area contributed by atoms with E-state index < -0.39 is 5.60 Å². The molecule has 3 N–H and O–H groups in total. The Hall–Kier alpha value is -1.14. The van der Waals surface area contributed by atoms with Gasteiger partial charge < -0.3 is 10.4 Å². The molecular weight excluding hydrogens is 274 g/mol. The summed E-state index contributed by atoms with van der Waals surface area (Å²) in [6.07, 6.45) is 6.81. The zero-order valence-corrected chi connectivity index (χ0v) is 12.8. The Bertz CT molecular complexity index is 439. The molecule has 0 radical (unpaired) electrons. The number of amides is 2. The number of aryl methyl sites for hydroxylation is 1. The molecule has 2 amide bonds. The molecule has 0 saturated heterocycles. The SMILES string of the molecule is CCc1csc(NC(=O)NCC2(O)CCCCCC2)n1. The number of aromatic nitrogens is 1. The molecule has 1 heterocycles. The molecule has 0 unspecified atom stereocenters. The van der Waals surface area contributed by atoms with Gasteiger partial charge >= 0.3 is 6.03 Å². The van der Waals surface area contributed by atoms with Crippen molar-refractivity contribution in [3.63, 3.8) is 0 Å². The van der Waals surface area contributed by atoms with Crippen LogP contribution in [0.25, 0.3) is 0 Å². The Labute approximate surface area is 123 Å². The summed E-state index contributed by atoms with van der Waals surface area (Å²) in [6.45, 7) is 2.34. The fraction of sp³-hybridized carbons (Fsp3) is 0.714. The van der Waals surface area contributed by atoms with Crippen molar-refractivity contribution in [1.82, 2.24) is 10.3 Å². The first-order valence-corrected chi connectivity index (χ1v) is 8.21. The van der Waals surface area contributed by atoms with E-state index in [0.29, 0.717) is 11.7 Å². The van der Waals surface area contributed by atoms with E-state index in [2.05, 4.69) is 15.6 Å². The largest absolute Gasteiger partial charge is 0.388 e. The lowest BCUT2D eigenvalue weighted by molar-refractivity contribution is 0.0281. The highest BCUT2D eigenvalue weighted by Gasteiger charge is 2.28. The number of rotatable bonds is 4. The molecule has 112 valence electrons. The number of aliphatic hydroxyl groups is 1. The molecule has 6 heteroatoms. The number of carbonyl (C=O) groups is 1. The number of carbonyl (C=O) groups excluding carboxylic acids is 1. The van der Waals surface area contributed by atoms with Crippen molar-refractivity contribution in [2.45, 2.75) is 57.5 Å². The van der Waals surface area contributed by atoms with Crippen LogP contribution in [0.4, 0.5) is 9.93 Å². The van der Waals surface area contributed by atoms with E-state index in [1.165, 1.54) is 24.2 Å². The van der Waals surface area contributed by atoms with E-state index in [1.54, 1.807) is 0 Å². The van der Waals surface area contributed by atoms with Gasteiger partial charge in [0.25, 0.3) is 0 Å². The average molecular weight is 297 g/mol. The molecule has 0 aromatic carbocycles. The first-order chi connectivity index (χ1) is 9.61. The molecule has 1 aliphatic carbocycles. The van der Waals surface area contributed by atoms with Crippen molar-refractivity contribution >= 4 is 22.5 Å². The fourth-order valence-electron chi connectivity index (χ4n) is 2.48. The molecule has 0 bridgehead atoms. The van der Waals surface area contributed by atoms with Crippen LogP contribution in [0, 0.1) is 0 Å². The van der Waals surface area contributed by atoms with Gasteiger partial charge in [0, 0.05) is 11.9 Å². The first kappa shape index (κ1) is 15.3. The third kappa shape index (κ3) is 4.45. The van der Waals surface area contributed by atoms with E-state index in [0.717, 1.165) is 37.8 Å². The van der Waals surface area contributed by atoms with Crippen molar-refractivity contribution in [1.29, 1.82) is 0 Å². The average Bonchev–Trinajstić information content (AvgIpc) is 2.77. The number of nitrogens with one attached hydrogen (secondary N) is 2. The van der Waals surface area contributed by atoms with Crippen LogP contribution in [-0.2, 0) is 6.42 Å². The third-order valence-corrected chi connectivity index (χ3v) is 4.55. The topological polar surface area (TPSA) is 74.2 Å². The van der Waals surface area contributed by atoms with Crippen molar-refractivity contribution < 1.29 is 9.90 Å². The Morgan fingerprint density at radius 3 is 2.70 bits per heavy atom. The van der Waals surface area contributed by atoms with Crippen LogP contribution in [0.2, 0.25) is 0 Å². The van der Waals surface area contributed by atoms with E-state index in [4.69, 9.17) is 0 Å². The summed E-state index contributed by atoms with van der Waals surface area (Å²) >= 11 is 1.42. The number of urea groups is 1. The minimum atomic E-state index is -0.745. The highest BCUT2D eigenvalue weighted by molar-refractivity contribution is 7.13. The molecule has 5 nitrogen and oxygen atoms in total. The number of hydrogen-bond donors (Lipinski definition) is 3. The molecule has 0 spiro atoms. The van der Waals surface area contributed by atoms with Crippen molar-refractivity contribution in [2.75, 3.05) is 11.9 Å². The highest BCUT2D eigenvalue weighted by Crippen LogP contribution is 2.26. The summed E-state index contributed by atoms with van der Waals surface area (Å²) in [5.74, 6) is 0. The summed E-state index contributed by atoms with van der Waals surface area (Å²) in [7, 11) is 0. The van der Waals surface area contributed by atoms with Gasteiger partial charge in [-0.05, 0) is 19.3 Å². The van der Waals surface area contributed by atoms with Gasteiger partial charge in [0.05, 0.1) is 11.3 Å². The minimum Gasteiger partial charge on any atom is -0.388 e. The van der Waals surface area contributed by atoms with E-state index in [1.807, 2.05) is 12.3 Å². The summed E-state index contributed by atoms with van der Waals surface area (Å²) in [4.78, 5) is 16.1. The molecular formula is C14H23N3O2S. The summed E-state index contributed by atoms with van der Waals surface area (Å²) in [5, 5.41) is 18.5. The van der Waals surface area contributed by atoms with Crippen LogP contribution in [0.15, 0.2) is 5.38 Å². The lowest BCUT2D eigenvalue weighted by Gasteiger charge is -2.26. The van der Waals surface area contributed by atoms with Crippen molar-refractivity contribution in [3.8, 4) is 0 Å². The Kier molecular flexibility index (Phi) is 5.37. The van der Waals surface area contributed by atoms with Gasteiger partial charge in [-0.25, -0.2) is 9.78 Å². The van der Waals surface area contributed by atoms with Gasteiger partial charge in [0.2, 0.25) is 0 Å². The number of hydrogen-bond acceptors (Lipinski definition) is 4. The molecule has 0 aliphatic heterocycles. The van der Waals surface area contributed by atoms with E-state index >= 15 is 0 Å². The number of nitrogens with zero attached hydrogens (tertiary/aromatic N) is 1.